The molecule has 0 amide bonds. The van der Waals surface area contributed by atoms with Crippen LogP contribution in [0.3, 0.4) is 0 Å². The van der Waals surface area contributed by atoms with E-state index in [2.05, 4.69) is 4.74 Å². The maximum atomic E-state index is 12.5. The molecule has 1 aromatic carbocycles. The van der Waals surface area contributed by atoms with E-state index in [1.807, 2.05) is 0 Å². The number of carbonyl (C=O) groups excluding carboxylic acids is 1. The van der Waals surface area contributed by atoms with Gasteiger partial charge in [-0.25, -0.2) is 0 Å². The summed E-state index contributed by atoms with van der Waals surface area (Å²) in [7, 11) is 0. The van der Waals surface area contributed by atoms with Gasteiger partial charge in [-0.15, -0.1) is 11.8 Å². The van der Waals surface area contributed by atoms with Crippen LogP contribution in [0.15, 0.2) is 35.2 Å². The van der Waals surface area contributed by atoms with E-state index in [9.17, 15) is 18.0 Å². The molecule has 1 unspecified atom stereocenters. The summed E-state index contributed by atoms with van der Waals surface area (Å²) in [6.45, 7) is 0.964. The van der Waals surface area contributed by atoms with Gasteiger partial charge in [-0.2, -0.15) is 13.2 Å². The highest BCUT2D eigenvalue weighted by Gasteiger charge is 2.42. The minimum atomic E-state index is -4.53. The zero-order valence-corrected chi connectivity index (χ0v) is 9.85. The maximum absolute atomic E-state index is 12.5. The third kappa shape index (κ3) is 5.12. The smallest absolute Gasteiger partial charge is 0.426 e. The fraction of sp³-hybridized carbons (Fsp3) is 0.364. The number of rotatable bonds is 4. The lowest BCUT2D eigenvalue weighted by molar-refractivity contribution is -0.213. The van der Waals surface area contributed by atoms with E-state index in [1.165, 1.54) is 0 Å². The zero-order chi connectivity index (χ0) is 12.9. The van der Waals surface area contributed by atoms with Crippen molar-refractivity contribution in [3.63, 3.8) is 0 Å². The Bertz CT molecular complexity index is 365. The van der Waals surface area contributed by atoms with E-state index in [4.69, 9.17) is 0 Å². The first-order valence-electron chi connectivity index (χ1n) is 4.81. The number of alkyl halides is 3. The molecule has 0 N–H and O–H groups in total. The average Bonchev–Trinajstić information content (AvgIpc) is 2.23. The molecular formula is C11H11F3O2S. The molecular weight excluding hydrogens is 253 g/mol. The highest BCUT2D eigenvalue weighted by atomic mass is 32.2. The fourth-order valence-corrected chi connectivity index (χ4v) is 2.03. The molecule has 1 rings (SSSR count). The Balaban J connectivity index is 2.59. The number of benzene rings is 1. The first-order chi connectivity index (χ1) is 7.89. The van der Waals surface area contributed by atoms with Crippen LogP contribution in [-0.2, 0) is 9.53 Å². The summed E-state index contributed by atoms with van der Waals surface area (Å²) in [6.07, 6.45) is -6.60. The van der Waals surface area contributed by atoms with Crippen molar-refractivity contribution in [1.82, 2.24) is 0 Å². The predicted molar refractivity (Wildman–Crippen MR) is 58.8 cm³/mol. The molecule has 6 heteroatoms. The zero-order valence-electron chi connectivity index (χ0n) is 9.03. The van der Waals surface area contributed by atoms with Crippen molar-refractivity contribution >= 4 is 17.7 Å². The Hall–Kier alpha value is -1.17. The van der Waals surface area contributed by atoms with E-state index in [-0.39, 0.29) is 5.75 Å². The largest absolute Gasteiger partial charge is 0.452 e. The van der Waals surface area contributed by atoms with Gasteiger partial charge >= 0.3 is 12.1 Å². The Labute approximate surface area is 101 Å². The van der Waals surface area contributed by atoms with Crippen molar-refractivity contribution in [3.05, 3.63) is 30.3 Å². The van der Waals surface area contributed by atoms with Gasteiger partial charge in [0.25, 0.3) is 0 Å². The van der Waals surface area contributed by atoms with Gasteiger partial charge in [0.1, 0.15) is 0 Å². The maximum Gasteiger partial charge on any atom is 0.426 e. The molecule has 0 bridgehead atoms. The summed E-state index contributed by atoms with van der Waals surface area (Å²) in [4.78, 5) is 11.3. The minimum Gasteiger partial charge on any atom is -0.452 e. The first-order valence-corrected chi connectivity index (χ1v) is 5.80. The number of halogens is 3. The highest BCUT2D eigenvalue weighted by Crippen LogP contribution is 2.28. The highest BCUT2D eigenvalue weighted by molar-refractivity contribution is 7.99. The molecule has 0 heterocycles. The molecule has 0 aromatic heterocycles. The lowest BCUT2D eigenvalue weighted by Gasteiger charge is -2.19. The van der Waals surface area contributed by atoms with Crippen molar-refractivity contribution in [3.8, 4) is 0 Å². The molecule has 0 saturated carbocycles. The molecule has 17 heavy (non-hydrogen) atoms. The quantitative estimate of drug-likeness (QED) is 0.616. The van der Waals surface area contributed by atoms with Gasteiger partial charge in [0.15, 0.2) is 0 Å². The van der Waals surface area contributed by atoms with Crippen molar-refractivity contribution in [1.29, 1.82) is 0 Å². The SMILES string of the molecule is CC(=O)OC(CSc1ccccc1)C(F)(F)F. The molecule has 2 nitrogen and oxygen atoms in total. The van der Waals surface area contributed by atoms with Gasteiger partial charge in [0.2, 0.25) is 6.10 Å². The van der Waals surface area contributed by atoms with E-state index >= 15 is 0 Å². The van der Waals surface area contributed by atoms with Crippen molar-refractivity contribution in [2.24, 2.45) is 0 Å². The summed E-state index contributed by atoms with van der Waals surface area (Å²) in [5.74, 6) is -1.27. The monoisotopic (exact) mass is 264 g/mol. The molecule has 0 aliphatic carbocycles. The van der Waals surface area contributed by atoms with Gasteiger partial charge in [-0.3, -0.25) is 4.79 Å². The number of thioether (sulfide) groups is 1. The Morgan fingerprint density at radius 3 is 2.41 bits per heavy atom. The molecule has 0 aliphatic heterocycles. The topological polar surface area (TPSA) is 26.3 Å². The van der Waals surface area contributed by atoms with Crippen LogP contribution < -0.4 is 0 Å². The molecule has 0 radical (unpaired) electrons. The predicted octanol–water partition coefficient (Wildman–Crippen LogP) is 3.27. The van der Waals surface area contributed by atoms with Crippen LogP contribution in [0.5, 0.6) is 0 Å². The second-order valence-electron chi connectivity index (χ2n) is 3.26. The van der Waals surface area contributed by atoms with Gasteiger partial charge in [0.05, 0.1) is 0 Å². The third-order valence-electron chi connectivity index (χ3n) is 1.82. The van der Waals surface area contributed by atoms with Crippen molar-refractivity contribution < 1.29 is 22.7 Å². The summed E-state index contributed by atoms with van der Waals surface area (Å²) >= 11 is 1.00. The number of esters is 1. The van der Waals surface area contributed by atoms with Crippen LogP contribution in [-0.4, -0.2) is 24.0 Å². The lowest BCUT2D eigenvalue weighted by atomic mass is 10.4. The van der Waals surface area contributed by atoms with E-state index in [0.29, 0.717) is 4.90 Å². The van der Waals surface area contributed by atoms with Gasteiger partial charge in [-0.05, 0) is 12.1 Å². The molecule has 1 atom stereocenters. The Kier molecular flexibility index (Phi) is 4.86. The number of hydrogen-bond donors (Lipinski definition) is 0. The summed E-state index contributed by atoms with van der Waals surface area (Å²) in [5.41, 5.74) is 0. The molecule has 0 aliphatic rings. The normalized spacial score (nSPS) is 13.2. The van der Waals surface area contributed by atoms with E-state index in [1.54, 1.807) is 30.3 Å². The van der Waals surface area contributed by atoms with E-state index < -0.39 is 18.2 Å². The van der Waals surface area contributed by atoms with Gasteiger partial charge in [0, 0.05) is 17.6 Å². The van der Waals surface area contributed by atoms with Gasteiger partial charge < -0.3 is 4.74 Å². The third-order valence-corrected chi connectivity index (χ3v) is 2.89. The summed E-state index contributed by atoms with van der Waals surface area (Å²) in [6, 6.07) is 8.64. The van der Waals surface area contributed by atoms with Crippen molar-refractivity contribution in [2.45, 2.75) is 24.1 Å². The van der Waals surface area contributed by atoms with Crippen LogP contribution >= 0.6 is 11.8 Å². The minimum absolute atomic E-state index is 0.340. The Morgan fingerprint density at radius 1 is 1.35 bits per heavy atom. The second kappa shape index (κ2) is 5.95. The first kappa shape index (κ1) is 13.9. The number of ether oxygens (including phenoxy) is 1. The molecule has 1 aromatic rings. The standard InChI is InChI=1S/C11H11F3O2S/c1-8(15)16-10(11(12,13)14)7-17-9-5-3-2-4-6-9/h2-6,10H,7H2,1H3. The second-order valence-corrected chi connectivity index (χ2v) is 4.36. The lowest BCUT2D eigenvalue weighted by Crippen LogP contribution is -2.35. The fourth-order valence-electron chi connectivity index (χ4n) is 1.08. The average molecular weight is 264 g/mol. The van der Waals surface area contributed by atoms with Crippen LogP contribution in [0, 0.1) is 0 Å². The number of hydrogen-bond acceptors (Lipinski definition) is 3. The summed E-state index contributed by atoms with van der Waals surface area (Å²) in [5, 5.41) is 0. The molecule has 0 saturated heterocycles. The van der Waals surface area contributed by atoms with Crippen molar-refractivity contribution in [2.75, 3.05) is 5.75 Å². The molecule has 0 spiro atoms. The van der Waals surface area contributed by atoms with Gasteiger partial charge in [-0.1, -0.05) is 18.2 Å². The molecule has 94 valence electrons. The van der Waals surface area contributed by atoms with Crippen LogP contribution in [0.25, 0.3) is 0 Å². The Morgan fingerprint density at radius 2 is 1.94 bits per heavy atom. The van der Waals surface area contributed by atoms with E-state index in [0.717, 1.165) is 18.7 Å². The molecule has 0 fully saturated rings. The number of carbonyl (C=O) groups is 1. The van der Waals surface area contributed by atoms with Crippen LogP contribution in [0.2, 0.25) is 0 Å². The van der Waals surface area contributed by atoms with Crippen LogP contribution in [0.4, 0.5) is 13.2 Å². The summed E-state index contributed by atoms with van der Waals surface area (Å²) < 4.78 is 41.7. The van der Waals surface area contributed by atoms with Crippen LogP contribution in [0.1, 0.15) is 6.92 Å².